The highest BCUT2D eigenvalue weighted by molar-refractivity contribution is 7.10. The Kier molecular flexibility index (Phi) is 4.72. The second kappa shape index (κ2) is 6.31. The summed E-state index contributed by atoms with van der Waals surface area (Å²) in [6.45, 7) is 4.65. The van der Waals surface area contributed by atoms with Crippen LogP contribution in [0.25, 0.3) is 0 Å². The van der Waals surface area contributed by atoms with E-state index in [4.69, 9.17) is 21.1 Å². The monoisotopic (exact) mass is 296 g/mol. The molecule has 0 aliphatic heterocycles. The lowest BCUT2D eigenvalue weighted by atomic mass is 10.1. The molecular formula is C15H17ClO2S. The van der Waals surface area contributed by atoms with Gasteiger partial charge >= 0.3 is 0 Å². The van der Waals surface area contributed by atoms with Gasteiger partial charge in [-0.3, -0.25) is 0 Å². The Labute approximate surface area is 122 Å². The van der Waals surface area contributed by atoms with Crippen molar-refractivity contribution in [2.24, 2.45) is 0 Å². The number of aryl methyl sites for hydroxylation is 1. The molecule has 1 heterocycles. The predicted molar refractivity (Wildman–Crippen MR) is 80.9 cm³/mol. The molecule has 1 unspecified atom stereocenters. The van der Waals surface area contributed by atoms with Crippen LogP contribution in [0.2, 0.25) is 0 Å². The zero-order valence-corrected chi connectivity index (χ0v) is 12.8. The fraction of sp³-hybridized carbons (Fsp3) is 0.333. The third-order valence-electron chi connectivity index (χ3n) is 2.85. The maximum Gasteiger partial charge on any atom is 0.134 e. The first-order valence-corrected chi connectivity index (χ1v) is 7.47. The quantitative estimate of drug-likeness (QED) is 0.738. The molecular weight excluding hydrogens is 280 g/mol. The number of methoxy groups -OCH3 is 1. The van der Waals surface area contributed by atoms with Crippen LogP contribution in [0.3, 0.4) is 0 Å². The zero-order chi connectivity index (χ0) is 13.8. The Morgan fingerprint density at radius 2 is 2.05 bits per heavy atom. The number of hydrogen-bond donors (Lipinski definition) is 0. The minimum Gasteiger partial charge on any atom is -0.496 e. The van der Waals surface area contributed by atoms with E-state index in [0.717, 1.165) is 21.9 Å². The molecule has 2 rings (SSSR count). The molecule has 0 saturated heterocycles. The Bertz CT molecular complexity index is 551. The van der Waals surface area contributed by atoms with Crippen LogP contribution in [0.15, 0.2) is 29.6 Å². The number of thiophene rings is 1. The van der Waals surface area contributed by atoms with Gasteiger partial charge in [0.1, 0.15) is 16.9 Å². The van der Waals surface area contributed by atoms with Gasteiger partial charge in [-0.2, -0.15) is 0 Å². The van der Waals surface area contributed by atoms with Gasteiger partial charge in [0, 0.05) is 5.56 Å². The lowest BCUT2D eigenvalue weighted by Gasteiger charge is -2.16. The molecule has 2 nitrogen and oxygen atoms in total. The highest BCUT2D eigenvalue weighted by Crippen LogP contribution is 2.42. The van der Waals surface area contributed by atoms with Crippen LogP contribution < -0.4 is 9.47 Å². The molecule has 0 saturated carbocycles. The number of alkyl halides is 1. The van der Waals surface area contributed by atoms with Gasteiger partial charge in [-0.25, -0.2) is 0 Å². The van der Waals surface area contributed by atoms with Crippen LogP contribution in [0.5, 0.6) is 11.5 Å². The van der Waals surface area contributed by atoms with Gasteiger partial charge in [0.25, 0.3) is 0 Å². The maximum atomic E-state index is 6.62. The molecule has 2 aromatic rings. The first kappa shape index (κ1) is 14.2. The van der Waals surface area contributed by atoms with Gasteiger partial charge in [-0.05, 0) is 31.4 Å². The van der Waals surface area contributed by atoms with E-state index in [9.17, 15) is 0 Å². The number of rotatable bonds is 5. The number of ether oxygens (including phenoxy) is 2. The lowest BCUT2D eigenvalue weighted by molar-refractivity contribution is 0.336. The first-order valence-electron chi connectivity index (χ1n) is 6.16. The van der Waals surface area contributed by atoms with Gasteiger partial charge in [0.15, 0.2) is 0 Å². The van der Waals surface area contributed by atoms with Crippen LogP contribution in [0.1, 0.15) is 28.3 Å². The fourth-order valence-electron chi connectivity index (χ4n) is 1.96. The molecule has 0 N–H and O–H groups in total. The van der Waals surface area contributed by atoms with Crippen molar-refractivity contribution >= 4 is 22.9 Å². The smallest absolute Gasteiger partial charge is 0.134 e. The minimum atomic E-state index is -0.253. The van der Waals surface area contributed by atoms with E-state index in [1.807, 2.05) is 30.5 Å². The molecule has 0 spiro atoms. The van der Waals surface area contributed by atoms with Crippen molar-refractivity contribution < 1.29 is 9.47 Å². The highest BCUT2D eigenvalue weighted by Gasteiger charge is 2.21. The fourth-order valence-corrected chi connectivity index (χ4v) is 3.24. The second-order valence-electron chi connectivity index (χ2n) is 4.19. The van der Waals surface area contributed by atoms with E-state index >= 15 is 0 Å². The van der Waals surface area contributed by atoms with E-state index in [-0.39, 0.29) is 5.38 Å². The third-order valence-corrected chi connectivity index (χ3v) is 4.39. The van der Waals surface area contributed by atoms with Crippen LogP contribution in [0, 0.1) is 6.92 Å². The van der Waals surface area contributed by atoms with Crippen molar-refractivity contribution in [3.8, 4) is 11.5 Å². The normalized spacial score (nSPS) is 12.2. The van der Waals surface area contributed by atoms with Crippen molar-refractivity contribution in [1.82, 2.24) is 0 Å². The molecule has 1 aromatic carbocycles. The minimum absolute atomic E-state index is 0.253. The van der Waals surface area contributed by atoms with Gasteiger partial charge < -0.3 is 9.47 Å². The molecule has 0 radical (unpaired) electrons. The zero-order valence-electron chi connectivity index (χ0n) is 11.3. The molecule has 0 amide bonds. The Balaban J connectivity index is 2.42. The SMILES string of the molecule is CCOc1ccc(C)cc1C(Cl)c1sccc1OC. The summed E-state index contributed by atoms with van der Waals surface area (Å²) in [4.78, 5) is 1.01. The molecule has 0 aliphatic carbocycles. The van der Waals surface area contributed by atoms with Crippen LogP contribution in [-0.4, -0.2) is 13.7 Å². The van der Waals surface area contributed by atoms with Gasteiger partial charge in [-0.15, -0.1) is 22.9 Å². The summed E-state index contributed by atoms with van der Waals surface area (Å²) in [5.74, 6) is 1.66. The predicted octanol–water partition coefficient (Wildman–Crippen LogP) is 4.79. The summed E-state index contributed by atoms with van der Waals surface area (Å²) in [5.41, 5.74) is 2.16. The molecule has 0 aliphatic rings. The molecule has 1 atom stereocenters. The van der Waals surface area contributed by atoms with Crippen LogP contribution in [0.4, 0.5) is 0 Å². The topological polar surface area (TPSA) is 18.5 Å². The average molecular weight is 297 g/mol. The van der Waals surface area contributed by atoms with Gasteiger partial charge in [0.2, 0.25) is 0 Å². The Hall–Kier alpha value is -1.19. The van der Waals surface area contributed by atoms with Crippen molar-refractivity contribution in [3.63, 3.8) is 0 Å². The van der Waals surface area contributed by atoms with E-state index < -0.39 is 0 Å². The van der Waals surface area contributed by atoms with Crippen molar-refractivity contribution in [2.75, 3.05) is 13.7 Å². The average Bonchev–Trinajstić information content (AvgIpc) is 2.88. The maximum absolute atomic E-state index is 6.62. The van der Waals surface area contributed by atoms with Crippen LogP contribution in [-0.2, 0) is 0 Å². The number of benzene rings is 1. The first-order chi connectivity index (χ1) is 9.17. The summed E-state index contributed by atoms with van der Waals surface area (Å²) in [5, 5.41) is 1.73. The number of halogens is 1. The summed E-state index contributed by atoms with van der Waals surface area (Å²) in [6.07, 6.45) is 0. The standard InChI is InChI=1S/C15H17ClO2S/c1-4-18-12-6-5-10(2)9-11(12)14(16)15-13(17-3)7-8-19-15/h5-9,14H,4H2,1-3H3. The number of hydrogen-bond acceptors (Lipinski definition) is 3. The van der Waals surface area contributed by atoms with E-state index in [1.54, 1.807) is 18.4 Å². The van der Waals surface area contributed by atoms with Gasteiger partial charge in [-0.1, -0.05) is 17.7 Å². The van der Waals surface area contributed by atoms with Crippen LogP contribution >= 0.6 is 22.9 Å². The highest BCUT2D eigenvalue weighted by atomic mass is 35.5. The Morgan fingerprint density at radius 3 is 2.74 bits per heavy atom. The molecule has 102 valence electrons. The van der Waals surface area contributed by atoms with E-state index in [2.05, 4.69) is 13.0 Å². The van der Waals surface area contributed by atoms with E-state index in [1.165, 1.54) is 5.56 Å². The van der Waals surface area contributed by atoms with Crippen molar-refractivity contribution in [3.05, 3.63) is 45.6 Å². The van der Waals surface area contributed by atoms with Crippen molar-refractivity contribution in [2.45, 2.75) is 19.2 Å². The largest absolute Gasteiger partial charge is 0.496 e. The summed E-state index contributed by atoms with van der Waals surface area (Å²) >= 11 is 8.22. The summed E-state index contributed by atoms with van der Waals surface area (Å²) in [6, 6.07) is 8.01. The summed E-state index contributed by atoms with van der Waals surface area (Å²) < 4.78 is 11.0. The van der Waals surface area contributed by atoms with E-state index in [0.29, 0.717) is 6.61 Å². The third kappa shape index (κ3) is 3.04. The molecule has 0 fully saturated rings. The Morgan fingerprint density at radius 1 is 1.26 bits per heavy atom. The molecule has 19 heavy (non-hydrogen) atoms. The molecule has 1 aromatic heterocycles. The van der Waals surface area contributed by atoms with Crippen molar-refractivity contribution in [1.29, 1.82) is 0 Å². The molecule has 4 heteroatoms. The molecule has 0 bridgehead atoms. The summed E-state index contributed by atoms with van der Waals surface area (Å²) in [7, 11) is 1.66. The van der Waals surface area contributed by atoms with Gasteiger partial charge in [0.05, 0.1) is 18.6 Å². The second-order valence-corrected chi connectivity index (χ2v) is 5.57. The lowest BCUT2D eigenvalue weighted by Crippen LogP contribution is -2.00.